The van der Waals surface area contributed by atoms with Gasteiger partial charge in [0.2, 0.25) is 17.8 Å². The number of halogens is 2. The van der Waals surface area contributed by atoms with Gasteiger partial charge < -0.3 is 29.4 Å². The Labute approximate surface area is 278 Å². The first kappa shape index (κ1) is 32.6. The van der Waals surface area contributed by atoms with Crippen LogP contribution in [-0.4, -0.2) is 81.3 Å². The number of ether oxygens (including phenoxy) is 3. The van der Waals surface area contributed by atoms with Crippen LogP contribution in [0.5, 0.6) is 17.2 Å². The number of aromatic amines is 2. The number of rotatable bonds is 9. The molecule has 6 rings (SSSR count). The highest BCUT2D eigenvalue weighted by molar-refractivity contribution is 7.90. The van der Waals surface area contributed by atoms with E-state index in [2.05, 4.69) is 29.9 Å². The van der Waals surface area contributed by atoms with Crippen LogP contribution in [0.25, 0.3) is 21.9 Å². The summed E-state index contributed by atoms with van der Waals surface area (Å²) in [7, 11) is -1.03. The number of aromatic nitrogens is 3. The lowest BCUT2D eigenvalue weighted by Crippen LogP contribution is -2.51. The maximum absolute atomic E-state index is 12.8. The maximum Gasteiger partial charge on any atom is 0.387 e. The van der Waals surface area contributed by atoms with E-state index in [0.717, 1.165) is 39.9 Å². The van der Waals surface area contributed by atoms with E-state index < -0.39 is 22.5 Å². The number of H-pyrrole nitrogens is 2. The van der Waals surface area contributed by atoms with Crippen molar-refractivity contribution in [1.29, 1.82) is 0 Å². The van der Waals surface area contributed by atoms with E-state index in [1.165, 1.54) is 24.3 Å². The Bertz CT molecular complexity index is 2090. The monoisotopic (exact) mass is 698 g/mol. The van der Waals surface area contributed by atoms with Gasteiger partial charge >= 0.3 is 6.61 Å². The molecule has 0 spiro atoms. The number of nitrogens with one attached hydrogen (secondary N) is 4. The van der Waals surface area contributed by atoms with Crippen molar-refractivity contribution in [2.24, 2.45) is 0 Å². The van der Waals surface area contributed by atoms with Crippen LogP contribution in [0.15, 0.2) is 71.9 Å². The first-order valence-electron chi connectivity index (χ1n) is 14.5. The number of methoxy groups -OCH3 is 2. The summed E-state index contributed by atoms with van der Waals surface area (Å²) in [6.07, 6.45) is 1.65. The van der Waals surface area contributed by atoms with Crippen LogP contribution < -0.4 is 34.1 Å². The molecule has 250 valence electrons. The van der Waals surface area contributed by atoms with E-state index >= 15 is 0 Å². The molecule has 0 atom stereocenters. The molecule has 0 bridgehead atoms. The molecule has 1 aliphatic rings. The van der Waals surface area contributed by atoms with Crippen molar-refractivity contribution in [3.63, 3.8) is 0 Å². The molecule has 2 aromatic heterocycles. The third kappa shape index (κ3) is 6.72. The summed E-state index contributed by atoms with van der Waals surface area (Å²) in [5, 5.41) is 5.51. The van der Waals surface area contributed by atoms with Gasteiger partial charge in [0.05, 0.1) is 50.8 Å². The number of piperazine rings is 1. The SMILES string of the molecule is COc1cc2[nH]c3nc[nH+]c(N4CCN(C(=S)Nc5ccc(S(=O)(=O)NC(=O)c6ccc(OC(F)F)cc6)cc5)CC4)c3c2cc1OC. The lowest BCUT2D eigenvalue weighted by atomic mass is 10.1. The number of anilines is 2. The highest BCUT2D eigenvalue weighted by Gasteiger charge is 2.28. The van der Waals surface area contributed by atoms with Gasteiger partial charge in [0.1, 0.15) is 11.1 Å². The topological polar surface area (TPSA) is 152 Å². The molecule has 3 heterocycles. The normalized spacial score (nSPS) is 13.5. The van der Waals surface area contributed by atoms with Gasteiger partial charge in [0.25, 0.3) is 15.9 Å². The molecule has 1 amide bonds. The number of carbonyl (C=O) groups excluding carboxylic acids is 1. The molecule has 17 heteroatoms. The molecule has 48 heavy (non-hydrogen) atoms. The number of fused-ring (bicyclic) bond motifs is 3. The molecule has 3 aromatic carbocycles. The minimum Gasteiger partial charge on any atom is -0.493 e. The largest absolute Gasteiger partial charge is 0.493 e. The second-order valence-electron chi connectivity index (χ2n) is 10.6. The zero-order valence-corrected chi connectivity index (χ0v) is 27.3. The molecule has 1 fully saturated rings. The second kappa shape index (κ2) is 13.4. The number of alkyl halides is 2. The van der Waals surface area contributed by atoms with E-state index in [9.17, 15) is 22.0 Å². The summed E-state index contributed by atoms with van der Waals surface area (Å²) in [5.74, 6) is 1.07. The van der Waals surface area contributed by atoms with Crippen molar-refractivity contribution in [1.82, 2.24) is 19.6 Å². The molecule has 0 radical (unpaired) electrons. The van der Waals surface area contributed by atoms with Gasteiger partial charge in [-0.3, -0.25) is 9.69 Å². The Morgan fingerprint density at radius 2 is 1.67 bits per heavy atom. The number of sulfonamides is 1. The Morgan fingerprint density at radius 3 is 2.31 bits per heavy atom. The summed E-state index contributed by atoms with van der Waals surface area (Å²) in [6, 6.07) is 14.2. The summed E-state index contributed by atoms with van der Waals surface area (Å²) in [5.41, 5.74) is 2.12. The molecule has 0 aliphatic carbocycles. The lowest BCUT2D eigenvalue weighted by molar-refractivity contribution is -0.367. The molecule has 13 nitrogen and oxygen atoms in total. The Balaban J connectivity index is 1.07. The van der Waals surface area contributed by atoms with Crippen molar-refractivity contribution >= 4 is 66.7 Å². The van der Waals surface area contributed by atoms with Crippen molar-refractivity contribution in [3.05, 3.63) is 72.6 Å². The first-order valence-corrected chi connectivity index (χ1v) is 16.4. The fraction of sp³-hybridized carbons (Fsp3) is 0.226. The maximum atomic E-state index is 12.8. The summed E-state index contributed by atoms with van der Waals surface area (Å²) < 4.78 is 67.6. The molecule has 4 N–H and O–H groups in total. The average Bonchev–Trinajstić information content (AvgIpc) is 3.45. The second-order valence-corrected chi connectivity index (χ2v) is 12.7. The zero-order valence-electron chi connectivity index (χ0n) is 25.6. The number of thiocarbonyl (C=S) groups is 1. The van der Waals surface area contributed by atoms with Gasteiger partial charge in [-0.15, -0.1) is 0 Å². The third-order valence-electron chi connectivity index (χ3n) is 7.78. The molecule has 5 aromatic rings. The molecule has 0 saturated carbocycles. The molecule has 0 unspecified atom stereocenters. The van der Waals surface area contributed by atoms with E-state index in [4.69, 9.17) is 21.7 Å². The smallest absolute Gasteiger partial charge is 0.387 e. The van der Waals surface area contributed by atoms with E-state index in [0.29, 0.717) is 48.5 Å². The van der Waals surface area contributed by atoms with Crippen LogP contribution in [0, 0.1) is 0 Å². The fourth-order valence-corrected chi connectivity index (χ4v) is 6.68. The predicted molar refractivity (Wildman–Crippen MR) is 177 cm³/mol. The first-order chi connectivity index (χ1) is 23.1. The van der Waals surface area contributed by atoms with Gasteiger partial charge in [-0.05, 0) is 66.8 Å². The number of carbonyl (C=O) groups is 1. The van der Waals surface area contributed by atoms with Crippen LogP contribution in [-0.2, 0) is 10.0 Å². The van der Waals surface area contributed by atoms with Crippen LogP contribution >= 0.6 is 12.2 Å². The average molecular weight is 699 g/mol. The van der Waals surface area contributed by atoms with E-state index in [1.54, 1.807) is 32.7 Å². The standard InChI is InChI=1S/C31H29F2N7O6S2/c1-44-24-15-22-23(16-25(24)45-2)37-27-26(22)28(35-17-34-27)39-11-13-40(14-12-39)31(47)36-19-5-9-21(10-6-19)48(42,43)38-29(41)18-3-7-20(8-4-18)46-30(32)33/h3-10,15-17,30H,11-14H2,1-2H3,(H,36,47)(H,38,41)(H,34,35,37)/p+1. The van der Waals surface area contributed by atoms with E-state index in [-0.39, 0.29) is 16.2 Å². The van der Waals surface area contributed by atoms with Crippen molar-refractivity contribution in [3.8, 4) is 17.2 Å². The summed E-state index contributed by atoms with van der Waals surface area (Å²) >= 11 is 5.66. The van der Waals surface area contributed by atoms with Crippen LogP contribution in [0.1, 0.15) is 10.4 Å². The fourth-order valence-electron chi connectivity index (χ4n) is 5.40. The Kier molecular flexibility index (Phi) is 9.14. The molecular weight excluding hydrogens is 669 g/mol. The van der Waals surface area contributed by atoms with Crippen LogP contribution in [0.3, 0.4) is 0 Å². The lowest BCUT2D eigenvalue weighted by Gasteiger charge is -2.34. The van der Waals surface area contributed by atoms with Gasteiger partial charge in [-0.2, -0.15) is 8.78 Å². The Morgan fingerprint density at radius 1 is 1.00 bits per heavy atom. The quantitative estimate of drug-likeness (QED) is 0.193. The highest BCUT2D eigenvalue weighted by atomic mass is 32.2. The number of benzene rings is 3. The third-order valence-corrected chi connectivity index (χ3v) is 9.49. The van der Waals surface area contributed by atoms with Crippen molar-refractivity contribution in [2.45, 2.75) is 11.5 Å². The summed E-state index contributed by atoms with van der Waals surface area (Å²) in [6.45, 7) is -0.451. The number of nitrogens with zero attached hydrogens (tertiary/aromatic N) is 3. The van der Waals surface area contributed by atoms with Gasteiger partial charge in [-0.25, -0.2) is 18.1 Å². The minimum absolute atomic E-state index is 0.0440. The molecule has 1 aliphatic heterocycles. The Hall–Kier alpha value is -5.29. The van der Waals surface area contributed by atoms with Crippen molar-refractivity contribution in [2.75, 3.05) is 50.6 Å². The van der Waals surface area contributed by atoms with Gasteiger partial charge in [-0.1, -0.05) is 4.98 Å². The number of hydrogen-bond donors (Lipinski definition) is 3. The molecule has 1 saturated heterocycles. The van der Waals surface area contributed by atoms with Crippen LogP contribution in [0.4, 0.5) is 20.3 Å². The van der Waals surface area contributed by atoms with Gasteiger partial charge in [0, 0.05) is 22.7 Å². The highest BCUT2D eigenvalue weighted by Crippen LogP contribution is 2.37. The van der Waals surface area contributed by atoms with E-state index in [1.807, 2.05) is 21.8 Å². The number of amides is 1. The van der Waals surface area contributed by atoms with Crippen LogP contribution in [0.2, 0.25) is 0 Å². The van der Waals surface area contributed by atoms with Gasteiger partial charge in [0.15, 0.2) is 16.6 Å². The number of hydrogen-bond acceptors (Lipinski definition) is 9. The molecular formula is C31H30F2N7O6S2+. The minimum atomic E-state index is -4.22. The predicted octanol–water partition coefficient (Wildman–Crippen LogP) is 3.79. The zero-order chi connectivity index (χ0) is 34.0. The summed E-state index contributed by atoms with van der Waals surface area (Å²) in [4.78, 5) is 27.8. The van der Waals surface area contributed by atoms with Crippen molar-refractivity contribution < 1.29 is 41.2 Å².